The van der Waals surface area contributed by atoms with Crippen LogP contribution in [0.2, 0.25) is 0 Å². The molecule has 0 fully saturated rings. The van der Waals surface area contributed by atoms with E-state index in [1.165, 1.54) is 23.9 Å². The number of rotatable bonds is 7. The Balaban J connectivity index is 1.63. The second kappa shape index (κ2) is 8.26. The summed E-state index contributed by atoms with van der Waals surface area (Å²) in [4.78, 5) is 12.2. The molecule has 140 valence electrons. The van der Waals surface area contributed by atoms with E-state index >= 15 is 0 Å². The summed E-state index contributed by atoms with van der Waals surface area (Å²) >= 11 is 0. The first kappa shape index (κ1) is 18.3. The highest BCUT2D eigenvalue weighted by molar-refractivity contribution is 5.78. The topological polar surface area (TPSA) is 91.2 Å². The molecule has 9 heteroatoms. The van der Waals surface area contributed by atoms with E-state index < -0.39 is 0 Å². The summed E-state index contributed by atoms with van der Waals surface area (Å²) < 4.78 is 24.9. The standard InChI is InChI=1S/C18H18FN5O3/c1-26-15-8-3-12(9-16(15)27-2)10-18(25)20-11-17-21-22-23-24(17)14-6-4-13(19)5-7-14/h3-9H,10-11H2,1-2H3,(H,20,25). The number of hydrogen-bond acceptors (Lipinski definition) is 6. The maximum Gasteiger partial charge on any atom is 0.224 e. The lowest BCUT2D eigenvalue weighted by molar-refractivity contribution is -0.120. The molecular formula is C18H18FN5O3. The van der Waals surface area contributed by atoms with Crippen molar-refractivity contribution in [2.75, 3.05) is 14.2 Å². The van der Waals surface area contributed by atoms with Gasteiger partial charge in [-0.3, -0.25) is 4.79 Å². The van der Waals surface area contributed by atoms with Gasteiger partial charge in [0, 0.05) is 0 Å². The van der Waals surface area contributed by atoms with Crippen molar-refractivity contribution in [3.8, 4) is 17.2 Å². The third-order valence-electron chi connectivity index (χ3n) is 3.86. The highest BCUT2D eigenvalue weighted by atomic mass is 19.1. The highest BCUT2D eigenvalue weighted by Crippen LogP contribution is 2.27. The van der Waals surface area contributed by atoms with Gasteiger partial charge in [0.15, 0.2) is 17.3 Å². The molecule has 0 aliphatic rings. The molecule has 1 aromatic heterocycles. The number of carbonyl (C=O) groups is 1. The molecule has 27 heavy (non-hydrogen) atoms. The zero-order valence-corrected chi connectivity index (χ0v) is 14.8. The van der Waals surface area contributed by atoms with Gasteiger partial charge in [-0.05, 0) is 52.4 Å². The number of carbonyl (C=O) groups excluding carboxylic acids is 1. The van der Waals surface area contributed by atoms with Crippen LogP contribution in [0.25, 0.3) is 5.69 Å². The van der Waals surface area contributed by atoms with Gasteiger partial charge in [-0.15, -0.1) is 5.10 Å². The van der Waals surface area contributed by atoms with Crippen molar-refractivity contribution < 1.29 is 18.7 Å². The third kappa shape index (κ3) is 4.38. The number of methoxy groups -OCH3 is 2. The Bertz CT molecular complexity index is 927. The Morgan fingerprint density at radius 2 is 1.85 bits per heavy atom. The van der Waals surface area contributed by atoms with E-state index in [0.29, 0.717) is 23.0 Å². The molecule has 0 aliphatic heterocycles. The second-order valence-electron chi connectivity index (χ2n) is 5.63. The van der Waals surface area contributed by atoms with Crippen LogP contribution in [0.3, 0.4) is 0 Å². The summed E-state index contributed by atoms with van der Waals surface area (Å²) in [5.74, 6) is 1.04. The van der Waals surface area contributed by atoms with E-state index in [1.807, 2.05) is 0 Å². The molecule has 0 spiro atoms. The normalized spacial score (nSPS) is 10.5. The molecule has 0 unspecified atom stereocenters. The van der Waals surface area contributed by atoms with Gasteiger partial charge in [-0.25, -0.2) is 4.39 Å². The maximum absolute atomic E-state index is 13.1. The molecule has 1 heterocycles. The molecule has 0 saturated carbocycles. The number of aromatic nitrogens is 4. The van der Waals surface area contributed by atoms with E-state index in [4.69, 9.17) is 9.47 Å². The minimum Gasteiger partial charge on any atom is -0.493 e. The lowest BCUT2D eigenvalue weighted by atomic mass is 10.1. The molecule has 1 N–H and O–H groups in total. The molecule has 0 atom stereocenters. The van der Waals surface area contributed by atoms with Crippen LogP contribution in [0.4, 0.5) is 4.39 Å². The molecule has 1 amide bonds. The molecule has 0 radical (unpaired) electrons. The first-order valence-corrected chi connectivity index (χ1v) is 8.11. The monoisotopic (exact) mass is 371 g/mol. The zero-order valence-electron chi connectivity index (χ0n) is 14.8. The quantitative estimate of drug-likeness (QED) is 0.679. The van der Waals surface area contributed by atoms with Crippen molar-refractivity contribution in [1.29, 1.82) is 0 Å². The zero-order chi connectivity index (χ0) is 19.2. The fourth-order valence-corrected chi connectivity index (χ4v) is 2.51. The molecule has 0 saturated heterocycles. The van der Waals surface area contributed by atoms with Crippen LogP contribution in [-0.4, -0.2) is 40.3 Å². The maximum atomic E-state index is 13.1. The molecular weight excluding hydrogens is 353 g/mol. The summed E-state index contributed by atoms with van der Waals surface area (Å²) in [6, 6.07) is 11.0. The molecule has 0 aliphatic carbocycles. The van der Waals surface area contributed by atoms with Crippen LogP contribution in [0.5, 0.6) is 11.5 Å². The number of ether oxygens (including phenoxy) is 2. The Morgan fingerprint density at radius 1 is 1.11 bits per heavy atom. The molecule has 2 aromatic carbocycles. The van der Waals surface area contributed by atoms with E-state index in [0.717, 1.165) is 5.56 Å². The predicted molar refractivity (Wildman–Crippen MR) is 94.2 cm³/mol. The van der Waals surface area contributed by atoms with Crippen LogP contribution in [0, 0.1) is 5.82 Å². The van der Waals surface area contributed by atoms with Gasteiger partial charge >= 0.3 is 0 Å². The fourth-order valence-electron chi connectivity index (χ4n) is 2.51. The van der Waals surface area contributed by atoms with Gasteiger partial charge in [0.25, 0.3) is 0 Å². The molecule has 8 nitrogen and oxygen atoms in total. The second-order valence-corrected chi connectivity index (χ2v) is 5.63. The Hall–Kier alpha value is -3.49. The van der Waals surface area contributed by atoms with Crippen LogP contribution < -0.4 is 14.8 Å². The number of amides is 1. The van der Waals surface area contributed by atoms with Crippen molar-refractivity contribution in [3.05, 3.63) is 59.7 Å². The van der Waals surface area contributed by atoms with Gasteiger partial charge in [0.1, 0.15) is 5.82 Å². The Labute approximate surface area is 154 Å². The van der Waals surface area contributed by atoms with Crippen molar-refractivity contribution in [3.63, 3.8) is 0 Å². The summed E-state index contributed by atoms with van der Waals surface area (Å²) in [6.07, 6.45) is 0.165. The summed E-state index contributed by atoms with van der Waals surface area (Å²) in [5.41, 5.74) is 1.38. The molecule has 3 aromatic rings. The molecule has 3 rings (SSSR count). The first-order chi connectivity index (χ1) is 13.1. The average Bonchev–Trinajstić information content (AvgIpc) is 3.15. The number of halogens is 1. The van der Waals surface area contributed by atoms with Crippen molar-refractivity contribution in [2.24, 2.45) is 0 Å². The predicted octanol–water partition coefficient (Wildman–Crippen LogP) is 1.68. The van der Waals surface area contributed by atoms with Gasteiger partial charge in [0.2, 0.25) is 5.91 Å². The third-order valence-corrected chi connectivity index (χ3v) is 3.86. The lowest BCUT2D eigenvalue weighted by Crippen LogP contribution is -2.26. The van der Waals surface area contributed by atoms with E-state index in [9.17, 15) is 9.18 Å². The smallest absolute Gasteiger partial charge is 0.224 e. The van der Waals surface area contributed by atoms with Crippen molar-refractivity contribution >= 4 is 5.91 Å². The number of nitrogens with one attached hydrogen (secondary N) is 1. The van der Waals surface area contributed by atoms with Crippen molar-refractivity contribution in [1.82, 2.24) is 25.5 Å². The minimum atomic E-state index is -0.350. The average molecular weight is 371 g/mol. The van der Waals surface area contributed by atoms with Gasteiger partial charge < -0.3 is 14.8 Å². The number of hydrogen-bond donors (Lipinski definition) is 1. The fraction of sp³-hybridized carbons (Fsp3) is 0.222. The first-order valence-electron chi connectivity index (χ1n) is 8.11. The lowest BCUT2D eigenvalue weighted by Gasteiger charge is -2.10. The number of tetrazole rings is 1. The number of benzene rings is 2. The van der Waals surface area contributed by atoms with E-state index in [-0.39, 0.29) is 24.7 Å². The van der Waals surface area contributed by atoms with E-state index in [2.05, 4.69) is 20.8 Å². The summed E-state index contributed by atoms with van der Waals surface area (Å²) in [7, 11) is 3.09. The van der Waals surface area contributed by atoms with Gasteiger partial charge in [0.05, 0.1) is 32.9 Å². The van der Waals surface area contributed by atoms with Crippen LogP contribution >= 0.6 is 0 Å². The van der Waals surface area contributed by atoms with Gasteiger partial charge in [-0.2, -0.15) is 4.68 Å². The van der Waals surface area contributed by atoms with Crippen LogP contribution in [0.15, 0.2) is 42.5 Å². The number of nitrogens with zero attached hydrogens (tertiary/aromatic N) is 4. The largest absolute Gasteiger partial charge is 0.493 e. The molecule has 0 bridgehead atoms. The Morgan fingerprint density at radius 3 is 2.56 bits per heavy atom. The highest BCUT2D eigenvalue weighted by Gasteiger charge is 2.12. The van der Waals surface area contributed by atoms with Crippen molar-refractivity contribution in [2.45, 2.75) is 13.0 Å². The van der Waals surface area contributed by atoms with Gasteiger partial charge in [-0.1, -0.05) is 6.07 Å². The van der Waals surface area contributed by atoms with Crippen LogP contribution in [-0.2, 0) is 17.8 Å². The van der Waals surface area contributed by atoms with E-state index in [1.54, 1.807) is 37.4 Å². The minimum absolute atomic E-state index is 0.135. The van der Waals surface area contributed by atoms with Crippen LogP contribution in [0.1, 0.15) is 11.4 Å². The Kier molecular flexibility index (Phi) is 5.60. The summed E-state index contributed by atoms with van der Waals surface area (Å²) in [5, 5.41) is 14.2. The summed E-state index contributed by atoms with van der Waals surface area (Å²) in [6.45, 7) is 0.135. The SMILES string of the molecule is COc1ccc(CC(=O)NCc2nnnn2-c2ccc(F)cc2)cc1OC.